The minimum Gasteiger partial charge on any atom is -0.370 e. The molecular weight excluding hydrogens is 491 g/mol. The topological polar surface area (TPSA) is 121 Å². The first-order valence-corrected chi connectivity index (χ1v) is 12.6. The number of rotatable bonds is 7. The maximum atomic E-state index is 13.7. The van der Waals surface area contributed by atoms with Crippen LogP contribution >= 0.6 is 11.6 Å². The number of ether oxygens (including phenoxy) is 1. The Hall–Kier alpha value is -2.98. The number of alkyl halides is 1. The molecule has 0 unspecified atom stereocenters. The summed E-state index contributed by atoms with van der Waals surface area (Å²) in [6, 6.07) is 4.86. The molecule has 2 aromatic rings. The van der Waals surface area contributed by atoms with Crippen molar-refractivity contribution in [3.63, 3.8) is 0 Å². The van der Waals surface area contributed by atoms with Crippen LogP contribution in [-0.4, -0.2) is 77.4 Å². The van der Waals surface area contributed by atoms with E-state index in [2.05, 4.69) is 15.6 Å². The van der Waals surface area contributed by atoms with E-state index in [0.717, 1.165) is 11.8 Å². The number of benzene rings is 1. The van der Waals surface area contributed by atoms with Gasteiger partial charge in [-0.2, -0.15) is 0 Å². The molecule has 3 amide bonds. The maximum Gasteiger partial charge on any atom is 0.271 e. The number of morpholine rings is 1. The van der Waals surface area contributed by atoms with Crippen LogP contribution in [0, 0.1) is 5.92 Å². The molecule has 2 aliphatic heterocycles. The molecule has 3 fully saturated rings. The lowest BCUT2D eigenvalue weighted by Gasteiger charge is -2.53. The van der Waals surface area contributed by atoms with E-state index in [9.17, 15) is 23.6 Å². The summed E-state index contributed by atoms with van der Waals surface area (Å²) >= 11 is 6.27. The summed E-state index contributed by atoms with van der Waals surface area (Å²) in [7, 11) is 0. The standard InChI is InChI=1S/C25H28ClFN4O5/c26-16-4-1-3-14-11-18(29-20(14)16)24(35)31-9-10-36-25(6-2-7-25)21(31)23(34)30-17(19(32)13-27)12-15-5-8-28-22(15)33/h1,3-4,11,15,17,21,29H,2,5-10,12-13H2,(H,28,33)(H,30,34)/t15-,17+,21+/m1/s1. The summed E-state index contributed by atoms with van der Waals surface area (Å²) in [5, 5.41) is 6.60. The Kier molecular flexibility index (Phi) is 6.74. The minimum atomic E-state index is -1.26. The Morgan fingerprint density at radius 3 is 2.75 bits per heavy atom. The number of nitrogens with zero attached hydrogens (tertiary/aromatic N) is 1. The molecule has 0 bridgehead atoms. The molecule has 1 aromatic heterocycles. The number of hydrogen-bond donors (Lipinski definition) is 3. The van der Waals surface area contributed by atoms with E-state index in [4.69, 9.17) is 16.3 Å². The van der Waals surface area contributed by atoms with Crippen molar-refractivity contribution in [3.8, 4) is 0 Å². The van der Waals surface area contributed by atoms with Crippen molar-refractivity contribution < 1.29 is 28.3 Å². The van der Waals surface area contributed by atoms with Crippen molar-refractivity contribution >= 4 is 46.0 Å². The van der Waals surface area contributed by atoms with Gasteiger partial charge in [0.25, 0.3) is 5.91 Å². The zero-order valence-electron chi connectivity index (χ0n) is 19.6. The maximum absolute atomic E-state index is 13.7. The van der Waals surface area contributed by atoms with Crippen LogP contribution in [0.1, 0.15) is 42.6 Å². The molecule has 3 atom stereocenters. The molecule has 36 heavy (non-hydrogen) atoms. The number of Topliss-reactive ketones (excluding diaryl/α,β-unsaturated/α-hetero) is 1. The van der Waals surface area contributed by atoms with E-state index in [0.29, 0.717) is 36.3 Å². The van der Waals surface area contributed by atoms with Gasteiger partial charge in [0, 0.05) is 24.4 Å². The smallest absolute Gasteiger partial charge is 0.271 e. The Bertz CT molecular complexity index is 1210. The van der Waals surface area contributed by atoms with Crippen molar-refractivity contribution in [3.05, 3.63) is 35.0 Å². The number of aromatic amines is 1. The fourth-order valence-corrected chi connectivity index (χ4v) is 5.77. The van der Waals surface area contributed by atoms with Crippen LogP contribution in [0.25, 0.3) is 10.9 Å². The molecule has 1 aliphatic carbocycles. The number of aromatic nitrogens is 1. The number of hydrogen-bond acceptors (Lipinski definition) is 5. The van der Waals surface area contributed by atoms with E-state index >= 15 is 0 Å². The lowest BCUT2D eigenvalue weighted by Crippen LogP contribution is -2.69. The molecular formula is C25H28ClFN4O5. The van der Waals surface area contributed by atoms with Gasteiger partial charge in [-0.25, -0.2) is 4.39 Å². The molecule has 0 radical (unpaired) electrons. The molecule has 1 aromatic carbocycles. The van der Waals surface area contributed by atoms with Gasteiger partial charge in [-0.3, -0.25) is 19.2 Å². The summed E-state index contributed by atoms with van der Waals surface area (Å²) in [6.45, 7) is -0.339. The largest absolute Gasteiger partial charge is 0.370 e. The first-order valence-electron chi connectivity index (χ1n) is 12.2. The number of carbonyl (C=O) groups is 4. The summed E-state index contributed by atoms with van der Waals surface area (Å²) in [5.74, 6) is -2.47. The first-order chi connectivity index (χ1) is 17.3. The second kappa shape index (κ2) is 9.82. The SMILES string of the molecule is O=C1NCC[C@@H]1C[C@H](NC(=O)[C@@H]1N(C(=O)c2cc3cccc(Cl)c3[nH]2)CCOC12CCC2)C(=O)CF. The molecule has 9 nitrogen and oxygen atoms in total. The number of carbonyl (C=O) groups excluding carboxylic acids is 4. The highest BCUT2D eigenvalue weighted by atomic mass is 35.5. The Balaban J connectivity index is 1.42. The highest BCUT2D eigenvalue weighted by Gasteiger charge is 2.55. The van der Waals surface area contributed by atoms with Gasteiger partial charge in [0.1, 0.15) is 18.4 Å². The van der Waals surface area contributed by atoms with E-state index in [1.54, 1.807) is 18.2 Å². The number of nitrogens with one attached hydrogen (secondary N) is 3. The number of para-hydroxylation sites is 1. The lowest BCUT2D eigenvalue weighted by molar-refractivity contribution is -0.184. The Labute approximate surface area is 212 Å². The number of ketones is 1. The normalized spacial score (nSPS) is 23.8. The molecule has 192 valence electrons. The molecule has 3 heterocycles. The summed E-state index contributed by atoms with van der Waals surface area (Å²) in [5.41, 5.74) is 0.0419. The first kappa shape index (κ1) is 24.7. The van der Waals surface area contributed by atoms with E-state index < -0.39 is 42.0 Å². The van der Waals surface area contributed by atoms with E-state index in [1.807, 2.05) is 6.07 Å². The molecule has 5 rings (SSSR count). The molecule has 1 spiro atoms. The van der Waals surface area contributed by atoms with Crippen LogP contribution < -0.4 is 10.6 Å². The van der Waals surface area contributed by atoms with Crippen LogP contribution in [0.15, 0.2) is 24.3 Å². The number of H-pyrrole nitrogens is 1. The average molecular weight is 519 g/mol. The third kappa shape index (κ3) is 4.37. The van der Waals surface area contributed by atoms with Crippen molar-refractivity contribution in [1.29, 1.82) is 0 Å². The summed E-state index contributed by atoms with van der Waals surface area (Å²) in [4.78, 5) is 56.3. The number of halogens is 2. The van der Waals surface area contributed by atoms with E-state index in [-0.39, 0.29) is 37.1 Å². The van der Waals surface area contributed by atoms with Gasteiger partial charge in [0.15, 0.2) is 5.78 Å². The average Bonchev–Trinajstić information content (AvgIpc) is 3.48. The van der Waals surface area contributed by atoms with Crippen LogP contribution in [0.5, 0.6) is 0 Å². The van der Waals surface area contributed by atoms with Gasteiger partial charge in [0.05, 0.1) is 28.8 Å². The van der Waals surface area contributed by atoms with E-state index in [1.165, 1.54) is 4.90 Å². The minimum absolute atomic E-state index is 0.00929. The van der Waals surface area contributed by atoms with Crippen molar-refractivity contribution in [2.45, 2.75) is 49.8 Å². The van der Waals surface area contributed by atoms with Crippen LogP contribution in [0.3, 0.4) is 0 Å². The quantitative estimate of drug-likeness (QED) is 0.518. The second-order valence-corrected chi connectivity index (χ2v) is 10.1. The zero-order chi connectivity index (χ0) is 25.4. The molecule has 2 saturated heterocycles. The number of fused-ring (bicyclic) bond motifs is 1. The predicted octanol–water partition coefficient (Wildman–Crippen LogP) is 2.13. The van der Waals surface area contributed by atoms with Gasteiger partial charge in [-0.1, -0.05) is 23.7 Å². The third-order valence-electron chi connectivity index (χ3n) is 7.60. The van der Waals surface area contributed by atoms with Gasteiger partial charge in [-0.05, 0) is 44.2 Å². The lowest BCUT2D eigenvalue weighted by atomic mass is 9.72. The van der Waals surface area contributed by atoms with Crippen LogP contribution in [-0.2, 0) is 19.1 Å². The number of amides is 3. The summed E-state index contributed by atoms with van der Waals surface area (Å²) < 4.78 is 19.4. The van der Waals surface area contributed by atoms with Gasteiger partial charge >= 0.3 is 0 Å². The van der Waals surface area contributed by atoms with Gasteiger partial charge < -0.3 is 25.3 Å². The molecule has 3 aliphatic rings. The van der Waals surface area contributed by atoms with Gasteiger partial charge in [-0.15, -0.1) is 0 Å². The zero-order valence-corrected chi connectivity index (χ0v) is 20.4. The fourth-order valence-electron chi connectivity index (χ4n) is 5.54. The van der Waals surface area contributed by atoms with Crippen LogP contribution in [0.2, 0.25) is 5.02 Å². The van der Waals surface area contributed by atoms with Crippen molar-refractivity contribution in [1.82, 2.24) is 20.5 Å². The second-order valence-electron chi connectivity index (χ2n) is 9.73. The molecule has 1 saturated carbocycles. The van der Waals surface area contributed by atoms with Gasteiger partial charge in [0.2, 0.25) is 11.8 Å². The molecule has 3 N–H and O–H groups in total. The monoisotopic (exact) mass is 518 g/mol. The molecule has 11 heteroatoms. The summed E-state index contributed by atoms with van der Waals surface area (Å²) in [6.07, 6.45) is 2.52. The van der Waals surface area contributed by atoms with Crippen molar-refractivity contribution in [2.24, 2.45) is 5.92 Å². The van der Waals surface area contributed by atoms with Crippen molar-refractivity contribution in [2.75, 3.05) is 26.4 Å². The Morgan fingerprint density at radius 2 is 2.11 bits per heavy atom. The Morgan fingerprint density at radius 1 is 1.31 bits per heavy atom. The third-order valence-corrected chi connectivity index (χ3v) is 7.91. The van der Waals surface area contributed by atoms with Crippen LogP contribution in [0.4, 0.5) is 4.39 Å². The predicted molar refractivity (Wildman–Crippen MR) is 129 cm³/mol. The highest BCUT2D eigenvalue weighted by molar-refractivity contribution is 6.35. The fraction of sp³-hybridized carbons (Fsp3) is 0.520. The highest BCUT2D eigenvalue weighted by Crippen LogP contribution is 2.43.